The number of rotatable bonds is 1. The zero-order valence-electron chi connectivity index (χ0n) is 8.03. The highest BCUT2D eigenvalue weighted by atomic mass is 16.5. The van der Waals surface area contributed by atoms with Crippen LogP contribution in [0.25, 0.3) is 0 Å². The molecular weight excluding hydrogens is 168 g/mol. The molecule has 0 aromatic heterocycles. The van der Waals surface area contributed by atoms with E-state index in [2.05, 4.69) is 4.90 Å². The van der Waals surface area contributed by atoms with Gasteiger partial charge in [-0.25, -0.2) is 0 Å². The van der Waals surface area contributed by atoms with E-state index in [0.717, 1.165) is 32.7 Å². The second-order valence-corrected chi connectivity index (χ2v) is 3.82. The molecular formula is C9H16N2O2. The van der Waals surface area contributed by atoms with Gasteiger partial charge < -0.3 is 9.64 Å². The second-order valence-electron chi connectivity index (χ2n) is 3.82. The Kier molecular flexibility index (Phi) is 2.51. The highest BCUT2D eigenvalue weighted by molar-refractivity contribution is 5.79. The van der Waals surface area contributed by atoms with Crippen LogP contribution in [0.15, 0.2) is 0 Å². The number of amides is 1. The molecule has 4 nitrogen and oxygen atoms in total. The number of hydrogen-bond acceptors (Lipinski definition) is 3. The fourth-order valence-electron chi connectivity index (χ4n) is 1.99. The zero-order chi connectivity index (χ0) is 9.26. The molecule has 0 radical (unpaired) electrons. The van der Waals surface area contributed by atoms with Gasteiger partial charge in [-0.2, -0.15) is 0 Å². The summed E-state index contributed by atoms with van der Waals surface area (Å²) in [5, 5.41) is 0. The van der Waals surface area contributed by atoms with Gasteiger partial charge in [-0.1, -0.05) is 0 Å². The first-order valence-corrected chi connectivity index (χ1v) is 4.83. The van der Waals surface area contributed by atoms with Crippen molar-refractivity contribution in [2.24, 2.45) is 0 Å². The summed E-state index contributed by atoms with van der Waals surface area (Å²) in [6, 6.07) is 0.558. The van der Waals surface area contributed by atoms with Gasteiger partial charge in [0.05, 0.1) is 13.2 Å². The highest BCUT2D eigenvalue weighted by Crippen LogP contribution is 2.17. The first-order chi connectivity index (χ1) is 6.27. The molecule has 74 valence electrons. The largest absolute Gasteiger partial charge is 0.381 e. The summed E-state index contributed by atoms with van der Waals surface area (Å²) in [6.45, 7) is 3.09. The number of carbonyl (C=O) groups excluding carboxylic acids is 1. The van der Waals surface area contributed by atoms with Gasteiger partial charge in [-0.15, -0.1) is 0 Å². The van der Waals surface area contributed by atoms with Gasteiger partial charge in [0.2, 0.25) is 5.91 Å². The lowest BCUT2D eigenvalue weighted by Gasteiger charge is -2.29. The average molecular weight is 184 g/mol. The number of likely N-dealkylation sites (N-methyl/N-ethyl adjacent to an activating group) is 1. The highest BCUT2D eigenvalue weighted by Gasteiger charge is 2.30. The summed E-state index contributed by atoms with van der Waals surface area (Å²) in [5.41, 5.74) is 0. The molecule has 2 heterocycles. The normalized spacial score (nSPS) is 27.2. The van der Waals surface area contributed by atoms with Gasteiger partial charge in [0.1, 0.15) is 0 Å². The minimum atomic E-state index is 0.242. The quantitative estimate of drug-likeness (QED) is 0.570. The van der Waals surface area contributed by atoms with Gasteiger partial charge in [0.15, 0.2) is 0 Å². The number of carbonyl (C=O) groups is 1. The standard InChI is InChI=1S/C9H16N2O2/c1-10-7-11(6-9(10)12)8-2-4-13-5-3-8/h8H,2-7H2,1H3. The Morgan fingerprint density at radius 1 is 1.38 bits per heavy atom. The predicted molar refractivity (Wildman–Crippen MR) is 48.2 cm³/mol. The Bertz CT molecular complexity index is 202. The lowest BCUT2D eigenvalue weighted by Crippen LogP contribution is -2.38. The Balaban J connectivity index is 1.90. The fraction of sp³-hybridized carbons (Fsp3) is 0.889. The SMILES string of the molecule is CN1CN(C2CCOCC2)CC1=O. The summed E-state index contributed by atoms with van der Waals surface area (Å²) in [7, 11) is 1.86. The van der Waals surface area contributed by atoms with Crippen LogP contribution in [0.2, 0.25) is 0 Å². The smallest absolute Gasteiger partial charge is 0.237 e. The molecule has 2 fully saturated rings. The van der Waals surface area contributed by atoms with Gasteiger partial charge >= 0.3 is 0 Å². The van der Waals surface area contributed by atoms with Crippen LogP contribution in [0, 0.1) is 0 Å². The van der Waals surface area contributed by atoms with Crippen molar-refractivity contribution >= 4 is 5.91 Å². The number of nitrogens with zero attached hydrogens (tertiary/aromatic N) is 2. The molecule has 4 heteroatoms. The molecule has 0 atom stereocenters. The van der Waals surface area contributed by atoms with E-state index in [0.29, 0.717) is 12.6 Å². The third kappa shape index (κ3) is 1.84. The topological polar surface area (TPSA) is 32.8 Å². The van der Waals surface area contributed by atoms with Crippen molar-refractivity contribution in [2.45, 2.75) is 18.9 Å². The van der Waals surface area contributed by atoms with Gasteiger partial charge in [-0.3, -0.25) is 9.69 Å². The molecule has 2 rings (SSSR count). The molecule has 0 aromatic rings. The predicted octanol–water partition coefficient (Wildman–Crippen LogP) is -0.103. The van der Waals surface area contributed by atoms with E-state index in [1.807, 2.05) is 7.05 Å². The summed E-state index contributed by atoms with van der Waals surface area (Å²) in [4.78, 5) is 15.3. The molecule has 0 saturated carbocycles. The van der Waals surface area contributed by atoms with Crippen LogP contribution in [-0.2, 0) is 9.53 Å². The first-order valence-electron chi connectivity index (χ1n) is 4.83. The van der Waals surface area contributed by atoms with Crippen molar-refractivity contribution in [3.8, 4) is 0 Å². The molecule has 0 spiro atoms. The minimum absolute atomic E-state index is 0.242. The Hall–Kier alpha value is -0.610. The van der Waals surface area contributed by atoms with Crippen LogP contribution in [0.4, 0.5) is 0 Å². The summed E-state index contributed by atoms with van der Waals surface area (Å²) in [5.74, 6) is 0.242. The summed E-state index contributed by atoms with van der Waals surface area (Å²) < 4.78 is 5.29. The molecule has 0 aliphatic carbocycles. The van der Waals surface area contributed by atoms with E-state index < -0.39 is 0 Å². The Morgan fingerprint density at radius 2 is 2.08 bits per heavy atom. The molecule has 0 bridgehead atoms. The maximum absolute atomic E-state index is 11.3. The Labute approximate surface area is 78.4 Å². The number of hydrogen-bond donors (Lipinski definition) is 0. The molecule has 2 aliphatic rings. The van der Waals surface area contributed by atoms with Crippen LogP contribution in [0.1, 0.15) is 12.8 Å². The molecule has 13 heavy (non-hydrogen) atoms. The van der Waals surface area contributed by atoms with Crippen LogP contribution < -0.4 is 0 Å². The third-order valence-corrected chi connectivity index (χ3v) is 2.87. The van der Waals surface area contributed by atoms with E-state index in [-0.39, 0.29) is 5.91 Å². The fourth-order valence-corrected chi connectivity index (χ4v) is 1.99. The van der Waals surface area contributed by atoms with E-state index in [1.54, 1.807) is 4.90 Å². The first kappa shape index (κ1) is 8.97. The maximum Gasteiger partial charge on any atom is 0.237 e. The van der Waals surface area contributed by atoms with E-state index >= 15 is 0 Å². The molecule has 1 amide bonds. The lowest BCUT2D eigenvalue weighted by atomic mass is 10.1. The third-order valence-electron chi connectivity index (χ3n) is 2.87. The van der Waals surface area contributed by atoms with Crippen molar-refractivity contribution in [1.29, 1.82) is 0 Å². The molecule has 2 saturated heterocycles. The second kappa shape index (κ2) is 3.64. The maximum atomic E-state index is 11.3. The van der Waals surface area contributed by atoms with Crippen molar-refractivity contribution in [3.63, 3.8) is 0 Å². The number of ether oxygens (including phenoxy) is 1. The lowest BCUT2D eigenvalue weighted by molar-refractivity contribution is -0.125. The van der Waals surface area contributed by atoms with E-state index in [9.17, 15) is 4.79 Å². The zero-order valence-corrected chi connectivity index (χ0v) is 8.03. The van der Waals surface area contributed by atoms with Crippen molar-refractivity contribution in [2.75, 3.05) is 33.5 Å². The molecule has 0 unspecified atom stereocenters. The van der Waals surface area contributed by atoms with E-state index in [4.69, 9.17) is 4.74 Å². The van der Waals surface area contributed by atoms with Crippen molar-refractivity contribution in [3.05, 3.63) is 0 Å². The minimum Gasteiger partial charge on any atom is -0.381 e. The molecule has 0 N–H and O–H groups in total. The van der Waals surface area contributed by atoms with Gasteiger partial charge in [0.25, 0.3) is 0 Å². The summed E-state index contributed by atoms with van der Waals surface area (Å²) in [6.07, 6.45) is 2.14. The monoisotopic (exact) mass is 184 g/mol. The Morgan fingerprint density at radius 3 is 2.62 bits per heavy atom. The van der Waals surface area contributed by atoms with Crippen LogP contribution >= 0.6 is 0 Å². The average Bonchev–Trinajstić information content (AvgIpc) is 2.49. The van der Waals surface area contributed by atoms with E-state index in [1.165, 1.54) is 0 Å². The van der Waals surface area contributed by atoms with Gasteiger partial charge in [0, 0.05) is 26.3 Å². The van der Waals surface area contributed by atoms with Crippen molar-refractivity contribution < 1.29 is 9.53 Å². The van der Waals surface area contributed by atoms with Crippen LogP contribution in [-0.4, -0.2) is 55.2 Å². The van der Waals surface area contributed by atoms with Crippen LogP contribution in [0.3, 0.4) is 0 Å². The molecule has 0 aromatic carbocycles. The molecule has 2 aliphatic heterocycles. The summed E-state index contributed by atoms with van der Waals surface area (Å²) >= 11 is 0. The van der Waals surface area contributed by atoms with Crippen LogP contribution in [0.5, 0.6) is 0 Å². The van der Waals surface area contributed by atoms with Gasteiger partial charge in [-0.05, 0) is 12.8 Å². The van der Waals surface area contributed by atoms with Crippen molar-refractivity contribution in [1.82, 2.24) is 9.80 Å².